The molecule has 0 bridgehead atoms. The van der Waals surface area contributed by atoms with E-state index in [0.29, 0.717) is 19.3 Å². The number of nitrogens with zero attached hydrogens (tertiary/aromatic N) is 2. The number of imidazole rings is 1. The van der Waals surface area contributed by atoms with Crippen LogP contribution in [0.2, 0.25) is 0 Å². The monoisotopic (exact) mass is 360 g/mol. The first kappa shape index (κ1) is 17.0. The Morgan fingerprint density at radius 2 is 2.00 bits per heavy atom. The van der Waals surface area contributed by atoms with Crippen molar-refractivity contribution in [2.75, 3.05) is 10.6 Å². The second-order valence-corrected chi connectivity index (χ2v) is 6.65. The standard InChI is InChI=1S/C21H20N4O2/c26-20(23-17-6-8-18(9-7-17)25-12-11-22-14-25)10-5-16-13-15-3-1-2-4-19(15)24-21(16)27/h1-4,6-9,11-12,14,16H,5,10,13H2,(H,23,26)(H,24,27). The zero-order valence-corrected chi connectivity index (χ0v) is 14.8. The molecule has 6 heteroatoms. The van der Waals surface area contributed by atoms with Gasteiger partial charge in [-0.1, -0.05) is 18.2 Å². The fourth-order valence-corrected chi connectivity index (χ4v) is 3.30. The van der Waals surface area contributed by atoms with Gasteiger partial charge in [0.25, 0.3) is 0 Å². The van der Waals surface area contributed by atoms with E-state index in [-0.39, 0.29) is 17.7 Å². The quantitative estimate of drug-likeness (QED) is 0.732. The van der Waals surface area contributed by atoms with Gasteiger partial charge in [-0.2, -0.15) is 0 Å². The molecule has 1 aliphatic heterocycles. The normalized spacial score (nSPS) is 15.7. The molecule has 0 spiro atoms. The topological polar surface area (TPSA) is 76.0 Å². The van der Waals surface area contributed by atoms with Crippen LogP contribution in [0.4, 0.5) is 11.4 Å². The van der Waals surface area contributed by atoms with Crippen LogP contribution in [0.5, 0.6) is 0 Å². The summed E-state index contributed by atoms with van der Waals surface area (Å²) in [6, 6.07) is 15.4. The highest BCUT2D eigenvalue weighted by atomic mass is 16.2. The van der Waals surface area contributed by atoms with E-state index >= 15 is 0 Å². The van der Waals surface area contributed by atoms with E-state index in [1.54, 1.807) is 12.5 Å². The Balaban J connectivity index is 1.32. The molecule has 2 heterocycles. The lowest BCUT2D eigenvalue weighted by atomic mass is 9.89. The lowest BCUT2D eigenvalue weighted by Crippen LogP contribution is -2.30. The first-order valence-electron chi connectivity index (χ1n) is 8.96. The maximum Gasteiger partial charge on any atom is 0.227 e. The highest BCUT2D eigenvalue weighted by molar-refractivity contribution is 5.96. The van der Waals surface area contributed by atoms with Crippen molar-refractivity contribution in [1.82, 2.24) is 9.55 Å². The maximum atomic E-state index is 12.3. The molecule has 4 rings (SSSR count). The van der Waals surface area contributed by atoms with Crippen molar-refractivity contribution in [2.45, 2.75) is 19.3 Å². The molecule has 3 aromatic rings. The number of carbonyl (C=O) groups is 2. The summed E-state index contributed by atoms with van der Waals surface area (Å²) in [7, 11) is 0. The second-order valence-electron chi connectivity index (χ2n) is 6.65. The molecule has 2 amide bonds. The van der Waals surface area contributed by atoms with E-state index < -0.39 is 0 Å². The third-order valence-electron chi connectivity index (χ3n) is 4.79. The Morgan fingerprint density at radius 3 is 2.78 bits per heavy atom. The zero-order valence-electron chi connectivity index (χ0n) is 14.8. The zero-order chi connectivity index (χ0) is 18.6. The summed E-state index contributed by atoms with van der Waals surface area (Å²) in [5, 5.41) is 5.82. The van der Waals surface area contributed by atoms with Crippen molar-refractivity contribution in [1.29, 1.82) is 0 Å². The summed E-state index contributed by atoms with van der Waals surface area (Å²) in [4.78, 5) is 28.5. The van der Waals surface area contributed by atoms with Crippen molar-refractivity contribution in [3.8, 4) is 5.69 Å². The van der Waals surface area contributed by atoms with Crippen LogP contribution in [0.15, 0.2) is 67.3 Å². The molecule has 0 saturated heterocycles. The number of anilines is 2. The van der Waals surface area contributed by atoms with E-state index in [0.717, 1.165) is 22.6 Å². The molecular weight excluding hydrogens is 340 g/mol. The molecule has 0 saturated carbocycles. The van der Waals surface area contributed by atoms with E-state index in [1.165, 1.54) is 0 Å². The molecule has 2 aromatic carbocycles. The third-order valence-corrected chi connectivity index (χ3v) is 4.79. The van der Waals surface area contributed by atoms with E-state index in [4.69, 9.17) is 0 Å². The third kappa shape index (κ3) is 3.89. The first-order chi connectivity index (χ1) is 13.2. The Kier molecular flexibility index (Phi) is 4.70. The van der Waals surface area contributed by atoms with Gasteiger partial charge in [-0.15, -0.1) is 0 Å². The van der Waals surface area contributed by atoms with Gasteiger partial charge in [0.15, 0.2) is 0 Å². The number of rotatable bonds is 5. The molecule has 0 fully saturated rings. The molecule has 2 N–H and O–H groups in total. The number of hydrogen-bond donors (Lipinski definition) is 2. The minimum atomic E-state index is -0.172. The average Bonchev–Trinajstić information content (AvgIpc) is 3.22. The fourth-order valence-electron chi connectivity index (χ4n) is 3.30. The van der Waals surface area contributed by atoms with Crippen LogP contribution < -0.4 is 10.6 Å². The maximum absolute atomic E-state index is 12.3. The summed E-state index contributed by atoms with van der Waals surface area (Å²) in [5.41, 5.74) is 3.71. The van der Waals surface area contributed by atoms with Gasteiger partial charge >= 0.3 is 0 Å². The predicted molar refractivity (Wildman–Crippen MR) is 104 cm³/mol. The molecule has 136 valence electrons. The number of aromatic nitrogens is 2. The van der Waals surface area contributed by atoms with Crippen LogP contribution in [-0.2, 0) is 16.0 Å². The summed E-state index contributed by atoms with van der Waals surface area (Å²) >= 11 is 0. The predicted octanol–water partition coefficient (Wildman–Crippen LogP) is 3.40. The minimum Gasteiger partial charge on any atom is -0.326 e. The Morgan fingerprint density at radius 1 is 1.19 bits per heavy atom. The van der Waals surface area contributed by atoms with Crippen LogP contribution in [0.25, 0.3) is 5.69 Å². The number of para-hydroxylation sites is 1. The van der Waals surface area contributed by atoms with Gasteiger partial charge in [0, 0.05) is 41.8 Å². The fraction of sp³-hybridized carbons (Fsp3) is 0.190. The molecule has 27 heavy (non-hydrogen) atoms. The lowest BCUT2D eigenvalue weighted by Gasteiger charge is -2.24. The largest absolute Gasteiger partial charge is 0.326 e. The molecule has 0 aliphatic carbocycles. The minimum absolute atomic E-state index is 0.00816. The number of nitrogens with one attached hydrogen (secondary N) is 2. The van der Waals surface area contributed by atoms with E-state index in [9.17, 15) is 9.59 Å². The van der Waals surface area contributed by atoms with Gasteiger partial charge in [-0.25, -0.2) is 4.98 Å². The summed E-state index contributed by atoms with van der Waals surface area (Å²) in [6.45, 7) is 0. The summed E-state index contributed by atoms with van der Waals surface area (Å²) < 4.78 is 1.89. The Labute approximate surface area is 157 Å². The van der Waals surface area contributed by atoms with Crippen molar-refractivity contribution >= 4 is 23.2 Å². The Bertz CT molecular complexity index is 949. The smallest absolute Gasteiger partial charge is 0.227 e. The second kappa shape index (κ2) is 7.45. The van der Waals surface area contributed by atoms with Gasteiger partial charge in [0.2, 0.25) is 11.8 Å². The van der Waals surface area contributed by atoms with Crippen LogP contribution in [0.3, 0.4) is 0 Å². The van der Waals surface area contributed by atoms with Crippen LogP contribution in [0.1, 0.15) is 18.4 Å². The van der Waals surface area contributed by atoms with Crippen LogP contribution in [0, 0.1) is 5.92 Å². The summed E-state index contributed by atoms with van der Waals surface area (Å²) in [6.07, 6.45) is 6.81. The van der Waals surface area contributed by atoms with Crippen LogP contribution >= 0.6 is 0 Å². The van der Waals surface area contributed by atoms with E-state index in [1.807, 2.05) is 59.3 Å². The molecule has 6 nitrogen and oxygen atoms in total. The number of hydrogen-bond acceptors (Lipinski definition) is 3. The lowest BCUT2D eigenvalue weighted by molar-refractivity contribution is -0.121. The molecular formula is C21H20N4O2. The molecule has 0 radical (unpaired) electrons. The Hall–Kier alpha value is -3.41. The number of fused-ring (bicyclic) bond motifs is 1. The van der Waals surface area contributed by atoms with Crippen molar-refractivity contribution in [2.24, 2.45) is 5.92 Å². The first-order valence-corrected chi connectivity index (χ1v) is 8.96. The number of amides is 2. The molecule has 1 unspecified atom stereocenters. The van der Waals surface area contributed by atoms with Gasteiger partial charge in [0.05, 0.1) is 6.33 Å². The van der Waals surface area contributed by atoms with Crippen molar-refractivity contribution in [3.63, 3.8) is 0 Å². The highest BCUT2D eigenvalue weighted by Crippen LogP contribution is 2.27. The van der Waals surface area contributed by atoms with Crippen molar-refractivity contribution < 1.29 is 9.59 Å². The van der Waals surface area contributed by atoms with Crippen LogP contribution in [-0.4, -0.2) is 21.4 Å². The van der Waals surface area contributed by atoms with Gasteiger partial charge in [-0.3, -0.25) is 9.59 Å². The molecule has 1 aromatic heterocycles. The number of benzene rings is 2. The van der Waals surface area contributed by atoms with Gasteiger partial charge in [0.1, 0.15) is 0 Å². The van der Waals surface area contributed by atoms with Crippen molar-refractivity contribution in [3.05, 3.63) is 72.8 Å². The molecule has 1 atom stereocenters. The van der Waals surface area contributed by atoms with Gasteiger partial charge < -0.3 is 15.2 Å². The SMILES string of the molecule is O=C(CCC1Cc2ccccc2NC1=O)Nc1ccc(-n2ccnc2)cc1. The average molecular weight is 360 g/mol. The molecule has 1 aliphatic rings. The van der Waals surface area contributed by atoms with Gasteiger partial charge in [-0.05, 0) is 48.7 Å². The highest BCUT2D eigenvalue weighted by Gasteiger charge is 2.26. The number of carbonyl (C=O) groups excluding carboxylic acids is 2. The summed E-state index contributed by atoms with van der Waals surface area (Å²) in [5.74, 6) is -0.266. The van der Waals surface area contributed by atoms with E-state index in [2.05, 4.69) is 15.6 Å².